The minimum atomic E-state index is 0.513. The molecule has 1 aliphatic rings. The van der Waals surface area contributed by atoms with Crippen molar-refractivity contribution >= 4 is 10.9 Å². The first-order valence-corrected chi connectivity index (χ1v) is 9.30. The molecule has 0 saturated carbocycles. The second-order valence-corrected chi connectivity index (χ2v) is 6.97. The molecule has 0 saturated heterocycles. The van der Waals surface area contributed by atoms with Gasteiger partial charge in [-0.05, 0) is 73.2 Å². The largest absolute Gasteiger partial charge is 0.497 e. The van der Waals surface area contributed by atoms with Gasteiger partial charge in [-0.15, -0.1) is 0 Å². The summed E-state index contributed by atoms with van der Waals surface area (Å²) < 4.78 is 10.9. The van der Waals surface area contributed by atoms with Crippen LogP contribution >= 0.6 is 0 Å². The summed E-state index contributed by atoms with van der Waals surface area (Å²) >= 11 is 0. The Morgan fingerprint density at radius 3 is 2.92 bits per heavy atom. The molecule has 1 aromatic heterocycles. The second-order valence-electron chi connectivity index (χ2n) is 6.97. The fourth-order valence-electron chi connectivity index (χ4n) is 4.02. The van der Waals surface area contributed by atoms with E-state index in [4.69, 9.17) is 9.47 Å². The zero-order valence-electron chi connectivity index (χ0n) is 15.5. The topological polar surface area (TPSA) is 46.3 Å². The van der Waals surface area contributed by atoms with Crippen molar-refractivity contribution in [3.05, 3.63) is 59.3 Å². The van der Waals surface area contributed by atoms with Gasteiger partial charge in [0.1, 0.15) is 11.5 Å². The fourth-order valence-corrected chi connectivity index (χ4v) is 4.02. The van der Waals surface area contributed by atoms with Crippen LogP contribution in [-0.2, 0) is 19.3 Å². The number of H-pyrrole nitrogens is 1. The van der Waals surface area contributed by atoms with E-state index in [1.807, 2.05) is 6.07 Å². The van der Waals surface area contributed by atoms with Crippen molar-refractivity contribution in [2.75, 3.05) is 20.8 Å². The van der Waals surface area contributed by atoms with Crippen LogP contribution in [0, 0.1) is 0 Å². The SMILES string of the molecule is COc1ccc2[nH]cc(CCNC3CCc4cccc(OC)c4C3)c2c1. The van der Waals surface area contributed by atoms with Gasteiger partial charge >= 0.3 is 0 Å². The third-order valence-electron chi connectivity index (χ3n) is 5.46. The number of aromatic amines is 1. The van der Waals surface area contributed by atoms with Gasteiger partial charge in [0.25, 0.3) is 0 Å². The highest BCUT2D eigenvalue weighted by Crippen LogP contribution is 2.29. The third kappa shape index (κ3) is 3.29. The zero-order chi connectivity index (χ0) is 17.9. The van der Waals surface area contributed by atoms with Crippen molar-refractivity contribution in [3.63, 3.8) is 0 Å². The van der Waals surface area contributed by atoms with Crippen molar-refractivity contribution in [2.45, 2.75) is 31.7 Å². The van der Waals surface area contributed by atoms with E-state index in [2.05, 4.69) is 46.8 Å². The van der Waals surface area contributed by atoms with Gasteiger partial charge in [0, 0.05) is 23.1 Å². The lowest BCUT2D eigenvalue weighted by Gasteiger charge is -2.27. The van der Waals surface area contributed by atoms with Crippen LogP contribution in [0.15, 0.2) is 42.6 Å². The van der Waals surface area contributed by atoms with Crippen LogP contribution in [-0.4, -0.2) is 31.8 Å². The normalized spacial score (nSPS) is 16.5. The number of benzene rings is 2. The molecule has 4 rings (SSSR count). The van der Waals surface area contributed by atoms with Gasteiger partial charge in [-0.25, -0.2) is 0 Å². The number of hydrogen-bond acceptors (Lipinski definition) is 3. The van der Waals surface area contributed by atoms with E-state index in [-0.39, 0.29) is 0 Å². The van der Waals surface area contributed by atoms with E-state index >= 15 is 0 Å². The van der Waals surface area contributed by atoms with Crippen molar-refractivity contribution in [1.82, 2.24) is 10.3 Å². The molecule has 0 amide bonds. The van der Waals surface area contributed by atoms with E-state index in [1.165, 1.54) is 28.5 Å². The van der Waals surface area contributed by atoms with Crippen LogP contribution < -0.4 is 14.8 Å². The molecule has 4 nitrogen and oxygen atoms in total. The van der Waals surface area contributed by atoms with Gasteiger partial charge in [-0.3, -0.25) is 0 Å². The smallest absolute Gasteiger partial charge is 0.122 e. The van der Waals surface area contributed by atoms with E-state index < -0.39 is 0 Å². The van der Waals surface area contributed by atoms with Crippen LogP contribution in [0.3, 0.4) is 0 Å². The molecule has 1 unspecified atom stereocenters. The zero-order valence-corrected chi connectivity index (χ0v) is 15.5. The lowest BCUT2D eigenvalue weighted by Crippen LogP contribution is -2.36. The summed E-state index contributed by atoms with van der Waals surface area (Å²) in [6, 6.07) is 13.1. The highest BCUT2D eigenvalue weighted by molar-refractivity contribution is 5.84. The third-order valence-corrected chi connectivity index (χ3v) is 5.46. The monoisotopic (exact) mass is 350 g/mol. The van der Waals surface area contributed by atoms with E-state index in [0.717, 1.165) is 42.8 Å². The van der Waals surface area contributed by atoms with Gasteiger partial charge in [-0.2, -0.15) is 0 Å². The van der Waals surface area contributed by atoms with Gasteiger partial charge in [0.15, 0.2) is 0 Å². The molecule has 0 aliphatic heterocycles. The van der Waals surface area contributed by atoms with Gasteiger partial charge in [0.05, 0.1) is 14.2 Å². The standard InChI is InChI=1S/C22H26N2O2/c1-25-18-8-9-21-19(13-18)16(14-24-21)10-11-23-17-7-6-15-4-3-5-22(26-2)20(15)12-17/h3-5,8-9,13-14,17,23-24H,6-7,10-12H2,1-2H3. The summed E-state index contributed by atoms with van der Waals surface area (Å²) in [6.07, 6.45) is 6.46. The minimum Gasteiger partial charge on any atom is -0.497 e. The lowest BCUT2D eigenvalue weighted by atomic mass is 9.87. The second kappa shape index (κ2) is 7.42. The van der Waals surface area contributed by atoms with Crippen LogP contribution in [0.1, 0.15) is 23.1 Å². The molecular weight excluding hydrogens is 324 g/mol. The average molecular weight is 350 g/mol. The predicted octanol–water partition coefficient (Wildman–Crippen LogP) is 3.87. The minimum absolute atomic E-state index is 0.513. The Morgan fingerprint density at radius 2 is 2.08 bits per heavy atom. The number of hydrogen-bond donors (Lipinski definition) is 2. The first-order valence-electron chi connectivity index (χ1n) is 9.30. The molecule has 0 bridgehead atoms. The summed E-state index contributed by atoms with van der Waals surface area (Å²) in [5.41, 5.74) is 5.30. The van der Waals surface area contributed by atoms with Gasteiger partial charge < -0.3 is 19.8 Å². The molecular formula is C22H26N2O2. The van der Waals surface area contributed by atoms with Crippen LogP contribution in [0.25, 0.3) is 10.9 Å². The Bertz CT molecular complexity index is 886. The first-order chi connectivity index (χ1) is 12.8. The predicted molar refractivity (Wildman–Crippen MR) is 105 cm³/mol. The number of ether oxygens (including phenoxy) is 2. The van der Waals surface area contributed by atoms with Crippen LogP contribution in [0.4, 0.5) is 0 Å². The Balaban J connectivity index is 1.40. The Labute approximate surface area is 154 Å². The molecule has 4 heteroatoms. The maximum Gasteiger partial charge on any atom is 0.122 e. The van der Waals surface area contributed by atoms with Gasteiger partial charge in [0.2, 0.25) is 0 Å². The summed E-state index contributed by atoms with van der Waals surface area (Å²) in [7, 11) is 3.47. The maximum absolute atomic E-state index is 5.55. The fraction of sp³-hybridized carbons (Fsp3) is 0.364. The molecule has 0 spiro atoms. The van der Waals surface area contributed by atoms with Crippen molar-refractivity contribution < 1.29 is 9.47 Å². The summed E-state index contributed by atoms with van der Waals surface area (Å²) in [5, 5.41) is 5.00. The average Bonchev–Trinajstić information content (AvgIpc) is 3.09. The summed E-state index contributed by atoms with van der Waals surface area (Å²) in [5.74, 6) is 1.93. The number of nitrogens with one attached hydrogen (secondary N) is 2. The molecule has 0 fully saturated rings. The Kier molecular flexibility index (Phi) is 4.85. The highest BCUT2D eigenvalue weighted by atomic mass is 16.5. The molecule has 3 aromatic rings. The Morgan fingerprint density at radius 1 is 1.15 bits per heavy atom. The molecule has 0 radical (unpaired) electrons. The van der Waals surface area contributed by atoms with Crippen molar-refractivity contribution in [3.8, 4) is 11.5 Å². The van der Waals surface area contributed by atoms with Crippen molar-refractivity contribution in [2.24, 2.45) is 0 Å². The molecule has 1 aliphatic carbocycles. The summed E-state index contributed by atoms with van der Waals surface area (Å²) in [6.45, 7) is 0.972. The number of aromatic nitrogens is 1. The van der Waals surface area contributed by atoms with Crippen LogP contribution in [0.2, 0.25) is 0 Å². The molecule has 1 heterocycles. The van der Waals surface area contributed by atoms with Crippen LogP contribution in [0.5, 0.6) is 11.5 Å². The molecule has 2 aromatic carbocycles. The molecule has 1 atom stereocenters. The number of fused-ring (bicyclic) bond motifs is 2. The number of aryl methyl sites for hydroxylation is 1. The quantitative estimate of drug-likeness (QED) is 0.709. The highest BCUT2D eigenvalue weighted by Gasteiger charge is 2.21. The Hall–Kier alpha value is -2.46. The number of methoxy groups -OCH3 is 2. The molecule has 2 N–H and O–H groups in total. The maximum atomic E-state index is 5.55. The first kappa shape index (κ1) is 17.0. The van der Waals surface area contributed by atoms with E-state index in [9.17, 15) is 0 Å². The number of rotatable bonds is 6. The van der Waals surface area contributed by atoms with Gasteiger partial charge in [-0.1, -0.05) is 12.1 Å². The van der Waals surface area contributed by atoms with E-state index in [0.29, 0.717) is 6.04 Å². The van der Waals surface area contributed by atoms with Crippen molar-refractivity contribution in [1.29, 1.82) is 0 Å². The molecule has 26 heavy (non-hydrogen) atoms. The molecule has 136 valence electrons. The lowest BCUT2D eigenvalue weighted by molar-refractivity contribution is 0.394. The van der Waals surface area contributed by atoms with E-state index in [1.54, 1.807) is 14.2 Å². The summed E-state index contributed by atoms with van der Waals surface area (Å²) in [4.78, 5) is 3.36.